The molecule has 2 heterocycles. The maximum atomic E-state index is 12.5. The summed E-state index contributed by atoms with van der Waals surface area (Å²) in [5, 5.41) is -0.395. The minimum absolute atomic E-state index is 0.162. The van der Waals surface area contributed by atoms with Gasteiger partial charge in [0.05, 0.1) is 12.0 Å². The summed E-state index contributed by atoms with van der Waals surface area (Å²) in [6, 6.07) is 7.20. The second kappa shape index (κ2) is 7.95. The highest BCUT2D eigenvalue weighted by molar-refractivity contribution is 8.18. The van der Waals surface area contributed by atoms with E-state index >= 15 is 0 Å². The fourth-order valence-electron chi connectivity index (χ4n) is 2.98. The third kappa shape index (κ3) is 4.09. The van der Waals surface area contributed by atoms with Crippen LogP contribution in [0.1, 0.15) is 25.3 Å². The summed E-state index contributed by atoms with van der Waals surface area (Å²) in [4.78, 5) is 40.3. The predicted molar refractivity (Wildman–Crippen MR) is 101 cm³/mol. The van der Waals surface area contributed by atoms with Crippen LogP contribution in [-0.2, 0) is 9.59 Å². The molecule has 0 radical (unpaired) electrons. The molecule has 0 aromatic heterocycles. The lowest BCUT2D eigenvalue weighted by Gasteiger charge is -2.31. The first-order chi connectivity index (χ1) is 12.5. The molecule has 0 saturated carbocycles. The second-order valence-corrected chi connectivity index (χ2v) is 7.60. The molecule has 0 aliphatic carbocycles. The van der Waals surface area contributed by atoms with Crippen molar-refractivity contribution in [1.29, 1.82) is 0 Å². The average molecular weight is 374 g/mol. The van der Waals surface area contributed by atoms with Crippen molar-refractivity contribution in [1.82, 2.24) is 9.80 Å². The molecule has 0 atom stereocenters. The van der Waals surface area contributed by atoms with Crippen molar-refractivity contribution in [3.8, 4) is 5.75 Å². The van der Waals surface area contributed by atoms with E-state index in [9.17, 15) is 14.4 Å². The van der Waals surface area contributed by atoms with E-state index in [1.165, 1.54) is 0 Å². The maximum Gasteiger partial charge on any atom is 0.294 e. The normalized spacial score (nSPS) is 20.2. The lowest BCUT2D eigenvalue weighted by Crippen LogP contribution is -2.45. The van der Waals surface area contributed by atoms with Gasteiger partial charge in [-0.3, -0.25) is 19.3 Å². The van der Waals surface area contributed by atoms with E-state index in [1.807, 2.05) is 12.1 Å². The van der Waals surface area contributed by atoms with Gasteiger partial charge in [-0.1, -0.05) is 19.1 Å². The maximum absolute atomic E-state index is 12.5. The van der Waals surface area contributed by atoms with Gasteiger partial charge in [0.1, 0.15) is 12.3 Å². The van der Waals surface area contributed by atoms with Crippen molar-refractivity contribution in [2.75, 3.05) is 26.7 Å². The Labute approximate surface area is 157 Å². The fraction of sp³-hybridized carbons (Fsp3) is 0.421. The Morgan fingerprint density at radius 2 is 1.88 bits per heavy atom. The van der Waals surface area contributed by atoms with Crippen molar-refractivity contribution in [2.45, 2.75) is 19.8 Å². The minimum atomic E-state index is -0.408. The van der Waals surface area contributed by atoms with E-state index in [4.69, 9.17) is 4.74 Å². The lowest BCUT2D eigenvalue weighted by molar-refractivity contribution is -0.136. The van der Waals surface area contributed by atoms with Gasteiger partial charge in [0, 0.05) is 13.1 Å². The summed E-state index contributed by atoms with van der Waals surface area (Å²) >= 11 is 0.872. The van der Waals surface area contributed by atoms with E-state index in [0.717, 1.165) is 40.8 Å². The van der Waals surface area contributed by atoms with Crippen molar-refractivity contribution in [2.24, 2.45) is 5.92 Å². The van der Waals surface area contributed by atoms with Crippen molar-refractivity contribution in [3.05, 3.63) is 34.7 Å². The molecule has 138 valence electrons. The van der Waals surface area contributed by atoms with Gasteiger partial charge in [-0.05, 0) is 54.3 Å². The molecule has 0 unspecified atom stereocenters. The van der Waals surface area contributed by atoms with E-state index in [2.05, 4.69) is 6.92 Å². The number of rotatable bonds is 4. The number of hydrogen-bond donors (Lipinski definition) is 0. The molecule has 6 nitrogen and oxygen atoms in total. The molecule has 0 N–H and O–H groups in total. The lowest BCUT2D eigenvalue weighted by atomic mass is 9.99. The average Bonchev–Trinajstić information content (AvgIpc) is 2.90. The van der Waals surface area contributed by atoms with Crippen LogP contribution < -0.4 is 4.74 Å². The number of carbonyl (C=O) groups is 3. The summed E-state index contributed by atoms with van der Waals surface area (Å²) in [7, 11) is 1.58. The highest BCUT2D eigenvalue weighted by atomic mass is 32.2. The molecule has 7 heteroatoms. The van der Waals surface area contributed by atoms with Crippen LogP contribution >= 0.6 is 11.8 Å². The topological polar surface area (TPSA) is 66.9 Å². The molecule has 2 aliphatic heterocycles. The third-order valence-corrected chi connectivity index (χ3v) is 5.62. The first-order valence-corrected chi connectivity index (χ1v) is 9.47. The molecular formula is C19H22N2O4S. The zero-order valence-corrected chi connectivity index (χ0v) is 15.8. The molecule has 1 aromatic rings. The zero-order chi connectivity index (χ0) is 18.7. The van der Waals surface area contributed by atoms with Gasteiger partial charge in [-0.25, -0.2) is 0 Å². The second-order valence-electron chi connectivity index (χ2n) is 6.60. The summed E-state index contributed by atoms with van der Waals surface area (Å²) in [6.07, 6.45) is 3.59. The molecule has 3 amide bonds. The van der Waals surface area contributed by atoms with Gasteiger partial charge < -0.3 is 9.64 Å². The van der Waals surface area contributed by atoms with E-state index in [-0.39, 0.29) is 12.5 Å². The number of likely N-dealkylation sites (tertiary alicyclic amines) is 1. The Bertz CT molecular complexity index is 736. The molecule has 1 aromatic carbocycles. The molecular weight excluding hydrogens is 352 g/mol. The van der Waals surface area contributed by atoms with Gasteiger partial charge in [-0.2, -0.15) is 0 Å². The summed E-state index contributed by atoms with van der Waals surface area (Å²) < 4.78 is 5.11. The number of ether oxygens (including phenoxy) is 1. The van der Waals surface area contributed by atoms with Crippen LogP contribution in [0.5, 0.6) is 5.75 Å². The first kappa shape index (κ1) is 18.5. The van der Waals surface area contributed by atoms with Crippen LogP contribution in [0, 0.1) is 5.92 Å². The number of imide groups is 1. The molecule has 2 saturated heterocycles. The van der Waals surface area contributed by atoms with Gasteiger partial charge >= 0.3 is 0 Å². The number of thioether (sulfide) groups is 1. The number of hydrogen-bond acceptors (Lipinski definition) is 5. The number of amides is 3. The standard InChI is InChI=1S/C19H22N2O4S/c1-13-7-9-20(10-8-13)17(22)12-21-18(23)16(26-19(21)24)11-14-3-5-15(25-2)6-4-14/h3-6,11,13H,7-10,12H2,1-2H3/b16-11+. The number of methoxy groups -OCH3 is 1. The minimum Gasteiger partial charge on any atom is -0.497 e. The van der Waals surface area contributed by atoms with Crippen LogP contribution in [0.25, 0.3) is 6.08 Å². The van der Waals surface area contributed by atoms with E-state index in [0.29, 0.717) is 23.9 Å². The van der Waals surface area contributed by atoms with Gasteiger partial charge in [-0.15, -0.1) is 0 Å². The smallest absolute Gasteiger partial charge is 0.294 e. The molecule has 2 fully saturated rings. The van der Waals surface area contributed by atoms with Crippen molar-refractivity contribution < 1.29 is 19.1 Å². The highest BCUT2D eigenvalue weighted by Crippen LogP contribution is 2.32. The zero-order valence-electron chi connectivity index (χ0n) is 14.9. The number of carbonyl (C=O) groups excluding carboxylic acids is 3. The quantitative estimate of drug-likeness (QED) is 0.758. The van der Waals surface area contributed by atoms with Crippen LogP contribution in [-0.4, -0.2) is 53.6 Å². The summed E-state index contributed by atoms with van der Waals surface area (Å²) in [6.45, 7) is 3.37. The third-order valence-electron chi connectivity index (χ3n) is 4.72. The Hall–Kier alpha value is -2.28. The first-order valence-electron chi connectivity index (χ1n) is 8.65. The summed E-state index contributed by atoms with van der Waals surface area (Å²) in [5.41, 5.74) is 0.799. The Kier molecular flexibility index (Phi) is 5.66. The molecule has 26 heavy (non-hydrogen) atoms. The van der Waals surface area contributed by atoms with Crippen LogP contribution in [0.4, 0.5) is 4.79 Å². The largest absolute Gasteiger partial charge is 0.497 e. The Balaban J connectivity index is 1.66. The number of piperidine rings is 1. The molecule has 0 bridgehead atoms. The Morgan fingerprint density at radius 1 is 1.23 bits per heavy atom. The van der Waals surface area contributed by atoms with E-state index < -0.39 is 11.1 Å². The van der Waals surface area contributed by atoms with Gasteiger partial charge in [0.2, 0.25) is 5.91 Å². The number of benzene rings is 1. The van der Waals surface area contributed by atoms with Crippen molar-refractivity contribution in [3.63, 3.8) is 0 Å². The molecule has 2 aliphatic rings. The van der Waals surface area contributed by atoms with Crippen LogP contribution in [0.3, 0.4) is 0 Å². The highest BCUT2D eigenvalue weighted by Gasteiger charge is 2.37. The summed E-state index contributed by atoms with van der Waals surface area (Å²) in [5.74, 6) is 0.764. The van der Waals surface area contributed by atoms with Crippen LogP contribution in [0.2, 0.25) is 0 Å². The SMILES string of the molecule is COc1ccc(/C=C2/SC(=O)N(CC(=O)N3CCC(C)CC3)C2=O)cc1. The fourth-order valence-corrected chi connectivity index (χ4v) is 3.82. The monoisotopic (exact) mass is 374 g/mol. The van der Waals surface area contributed by atoms with Crippen molar-refractivity contribution >= 4 is 34.9 Å². The molecule has 0 spiro atoms. The molecule has 3 rings (SSSR count). The van der Waals surface area contributed by atoms with E-state index in [1.54, 1.807) is 30.2 Å². The number of nitrogens with zero attached hydrogens (tertiary/aromatic N) is 2. The Morgan fingerprint density at radius 3 is 2.50 bits per heavy atom. The van der Waals surface area contributed by atoms with Crippen LogP contribution in [0.15, 0.2) is 29.2 Å². The predicted octanol–water partition coefficient (Wildman–Crippen LogP) is 2.99. The van der Waals surface area contributed by atoms with Gasteiger partial charge in [0.25, 0.3) is 11.1 Å². The van der Waals surface area contributed by atoms with Gasteiger partial charge in [0.15, 0.2) is 0 Å².